The molecule has 0 saturated carbocycles. The molecule has 0 aliphatic carbocycles. The minimum absolute atomic E-state index is 0.0256. The molecule has 0 spiro atoms. The van der Waals surface area contributed by atoms with Crippen LogP contribution in [-0.4, -0.2) is 12.6 Å². The average molecular weight is 293 g/mol. The number of hydrogen-bond acceptors (Lipinski definition) is 4. The number of nitrogens with zero attached hydrogens (tertiary/aromatic N) is 1. The van der Waals surface area contributed by atoms with Gasteiger partial charge < -0.3 is 9.47 Å². The molecule has 2 aromatic rings. The van der Waals surface area contributed by atoms with Crippen LogP contribution in [0.4, 0.5) is 0 Å². The molecule has 0 saturated heterocycles. The smallest absolute Gasteiger partial charge is 0.231 e. The van der Waals surface area contributed by atoms with Crippen LogP contribution in [0.25, 0.3) is 0 Å². The second-order valence-corrected chi connectivity index (χ2v) is 5.24. The Kier molecular flexibility index (Phi) is 3.80. The van der Waals surface area contributed by atoms with Gasteiger partial charge in [-0.1, -0.05) is 30.3 Å². The number of ketones is 1. The fourth-order valence-electron chi connectivity index (χ4n) is 2.55. The van der Waals surface area contributed by atoms with E-state index in [0.717, 1.165) is 11.1 Å². The Morgan fingerprint density at radius 2 is 2.00 bits per heavy atom. The molecular formula is C18H15NO3. The third kappa shape index (κ3) is 2.66. The van der Waals surface area contributed by atoms with Gasteiger partial charge in [0.25, 0.3) is 0 Å². The Morgan fingerprint density at radius 3 is 2.77 bits per heavy atom. The Hall–Kier alpha value is -2.80. The van der Waals surface area contributed by atoms with E-state index in [1.54, 1.807) is 18.2 Å². The van der Waals surface area contributed by atoms with Crippen molar-refractivity contribution in [2.75, 3.05) is 6.79 Å². The van der Waals surface area contributed by atoms with Crippen LogP contribution in [0, 0.1) is 18.3 Å². The van der Waals surface area contributed by atoms with E-state index in [9.17, 15) is 10.1 Å². The minimum atomic E-state index is -0.499. The summed E-state index contributed by atoms with van der Waals surface area (Å²) in [7, 11) is 0. The Morgan fingerprint density at radius 1 is 1.23 bits per heavy atom. The number of ether oxygens (including phenoxy) is 2. The van der Waals surface area contributed by atoms with E-state index in [-0.39, 0.29) is 19.0 Å². The molecule has 0 N–H and O–H groups in total. The maximum absolute atomic E-state index is 12.4. The van der Waals surface area contributed by atoms with E-state index in [2.05, 4.69) is 6.07 Å². The van der Waals surface area contributed by atoms with Crippen LogP contribution in [0.1, 0.15) is 33.8 Å². The fraction of sp³-hybridized carbons (Fsp3) is 0.222. The Bertz CT molecular complexity index is 761. The van der Waals surface area contributed by atoms with Crippen LogP contribution in [0.5, 0.6) is 11.5 Å². The first kappa shape index (κ1) is 14.2. The standard InChI is InChI=1S/C18H15NO3/c1-12-4-2-3-5-15(12)16(20)8-14(10-19)13-6-7-17-18(9-13)22-11-21-17/h2-7,9,14H,8,11H2,1H3. The molecule has 2 aromatic carbocycles. The summed E-state index contributed by atoms with van der Waals surface area (Å²) in [5, 5.41) is 9.42. The molecule has 1 aliphatic rings. The van der Waals surface area contributed by atoms with Crippen LogP contribution in [0.3, 0.4) is 0 Å². The van der Waals surface area contributed by atoms with Gasteiger partial charge in [0.2, 0.25) is 6.79 Å². The number of rotatable bonds is 4. The molecule has 1 heterocycles. The monoisotopic (exact) mass is 293 g/mol. The van der Waals surface area contributed by atoms with Gasteiger partial charge in [0.15, 0.2) is 17.3 Å². The molecule has 1 aliphatic heterocycles. The zero-order chi connectivity index (χ0) is 15.5. The first-order chi connectivity index (χ1) is 10.7. The van der Waals surface area contributed by atoms with Crippen molar-refractivity contribution in [3.05, 3.63) is 59.2 Å². The van der Waals surface area contributed by atoms with Gasteiger partial charge in [-0.3, -0.25) is 4.79 Å². The van der Waals surface area contributed by atoms with Gasteiger partial charge in [-0.25, -0.2) is 0 Å². The number of carbonyl (C=O) groups is 1. The quantitative estimate of drug-likeness (QED) is 0.808. The Balaban J connectivity index is 1.82. The van der Waals surface area contributed by atoms with Crippen molar-refractivity contribution in [1.82, 2.24) is 0 Å². The third-order valence-electron chi connectivity index (χ3n) is 3.79. The van der Waals surface area contributed by atoms with Crippen LogP contribution in [0.15, 0.2) is 42.5 Å². The molecule has 1 atom stereocenters. The highest BCUT2D eigenvalue weighted by Crippen LogP contribution is 2.35. The number of hydrogen-bond donors (Lipinski definition) is 0. The third-order valence-corrected chi connectivity index (χ3v) is 3.79. The summed E-state index contributed by atoms with van der Waals surface area (Å²) in [6, 6.07) is 15.0. The zero-order valence-electron chi connectivity index (χ0n) is 12.2. The molecule has 0 aromatic heterocycles. The predicted octanol–water partition coefficient (Wildman–Crippen LogP) is 3.60. The van der Waals surface area contributed by atoms with Crippen molar-refractivity contribution in [2.45, 2.75) is 19.3 Å². The average Bonchev–Trinajstić information content (AvgIpc) is 3.00. The van der Waals surface area contributed by atoms with Crippen LogP contribution < -0.4 is 9.47 Å². The summed E-state index contributed by atoms with van der Waals surface area (Å²) >= 11 is 0. The molecule has 1 unspecified atom stereocenters. The first-order valence-electron chi connectivity index (χ1n) is 7.07. The van der Waals surface area contributed by atoms with Crippen LogP contribution >= 0.6 is 0 Å². The summed E-state index contributed by atoms with van der Waals surface area (Å²) in [6.45, 7) is 2.09. The number of Topliss-reactive ketones (excluding diaryl/α,β-unsaturated/α-hetero) is 1. The Labute approximate surface area is 128 Å². The topological polar surface area (TPSA) is 59.3 Å². The van der Waals surface area contributed by atoms with E-state index < -0.39 is 5.92 Å². The molecule has 4 heteroatoms. The maximum Gasteiger partial charge on any atom is 0.231 e. The van der Waals surface area contributed by atoms with Gasteiger partial charge in [0, 0.05) is 12.0 Å². The normalized spacial score (nSPS) is 13.5. The van der Waals surface area contributed by atoms with E-state index in [1.165, 1.54) is 0 Å². The second kappa shape index (κ2) is 5.90. The number of carbonyl (C=O) groups excluding carboxylic acids is 1. The lowest BCUT2D eigenvalue weighted by molar-refractivity contribution is 0.0978. The highest BCUT2D eigenvalue weighted by atomic mass is 16.7. The zero-order valence-corrected chi connectivity index (χ0v) is 12.2. The molecule has 0 fully saturated rings. The highest BCUT2D eigenvalue weighted by Gasteiger charge is 2.21. The van der Waals surface area contributed by atoms with Crippen molar-refractivity contribution < 1.29 is 14.3 Å². The molecule has 22 heavy (non-hydrogen) atoms. The summed E-state index contributed by atoms with van der Waals surface area (Å²) in [6.07, 6.45) is 0.154. The number of benzene rings is 2. The summed E-state index contributed by atoms with van der Waals surface area (Å²) in [5.41, 5.74) is 2.37. The maximum atomic E-state index is 12.4. The summed E-state index contributed by atoms with van der Waals surface area (Å²) in [4.78, 5) is 12.4. The van der Waals surface area contributed by atoms with E-state index in [1.807, 2.05) is 31.2 Å². The fourth-order valence-corrected chi connectivity index (χ4v) is 2.55. The number of fused-ring (bicyclic) bond motifs is 1. The van der Waals surface area contributed by atoms with Crippen molar-refractivity contribution in [3.63, 3.8) is 0 Å². The summed E-state index contributed by atoms with van der Waals surface area (Å²) < 4.78 is 10.6. The van der Waals surface area contributed by atoms with Crippen LogP contribution in [0.2, 0.25) is 0 Å². The number of nitriles is 1. The van der Waals surface area contributed by atoms with Crippen molar-refractivity contribution >= 4 is 5.78 Å². The van der Waals surface area contributed by atoms with Gasteiger partial charge in [-0.2, -0.15) is 5.26 Å². The SMILES string of the molecule is Cc1ccccc1C(=O)CC(C#N)c1ccc2c(c1)OCO2. The van der Waals surface area contributed by atoms with Crippen molar-refractivity contribution in [1.29, 1.82) is 5.26 Å². The molecule has 0 amide bonds. The molecule has 4 nitrogen and oxygen atoms in total. The first-order valence-corrected chi connectivity index (χ1v) is 7.07. The minimum Gasteiger partial charge on any atom is -0.454 e. The van der Waals surface area contributed by atoms with Gasteiger partial charge in [0.1, 0.15) is 0 Å². The van der Waals surface area contributed by atoms with Gasteiger partial charge >= 0.3 is 0 Å². The van der Waals surface area contributed by atoms with E-state index in [0.29, 0.717) is 17.1 Å². The van der Waals surface area contributed by atoms with Crippen LogP contribution in [-0.2, 0) is 0 Å². The largest absolute Gasteiger partial charge is 0.454 e. The highest BCUT2D eigenvalue weighted by molar-refractivity contribution is 5.98. The van der Waals surface area contributed by atoms with Gasteiger partial charge in [-0.05, 0) is 30.2 Å². The summed E-state index contributed by atoms with van der Waals surface area (Å²) in [5.74, 6) is 0.774. The lowest BCUT2D eigenvalue weighted by atomic mass is 9.91. The molecule has 3 rings (SSSR count). The predicted molar refractivity (Wildman–Crippen MR) is 81.0 cm³/mol. The van der Waals surface area contributed by atoms with E-state index in [4.69, 9.17) is 9.47 Å². The van der Waals surface area contributed by atoms with Crippen molar-refractivity contribution in [2.24, 2.45) is 0 Å². The lowest BCUT2D eigenvalue weighted by Crippen LogP contribution is -2.07. The number of aryl methyl sites for hydroxylation is 1. The van der Waals surface area contributed by atoms with Crippen molar-refractivity contribution in [3.8, 4) is 17.6 Å². The second-order valence-electron chi connectivity index (χ2n) is 5.24. The van der Waals surface area contributed by atoms with Gasteiger partial charge in [-0.15, -0.1) is 0 Å². The van der Waals surface area contributed by atoms with Gasteiger partial charge in [0.05, 0.1) is 12.0 Å². The molecule has 0 bridgehead atoms. The molecule has 110 valence electrons. The molecule has 0 radical (unpaired) electrons. The molecular weight excluding hydrogens is 278 g/mol. The van der Waals surface area contributed by atoms with E-state index >= 15 is 0 Å². The lowest BCUT2D eigenvalue weighted by Gasteiger charge is -2.11.